The fourth-order valence-corrected chi connectivity index (χ4v) is 4.37. The van der Waals surface area contributed by atoms with Crippen LogP contribution >= 0.6 is 12.4 Å². The fourth-order valence-electron chi connectivity index (χ4n) is 4.37. The molecule has 0 aromatic heterocycles. The lowest BCUT2D eigenvalue weighted by atomic mass is 9.62. The Kier molecular flexibility index (Phi) is 9.04. The molecule has 0 saturated heterocycles. The zero-order valence-corrected chi connectivity index (χ0v) is 17.2. The Labute approximate surface area is 163 Å². The van der Waals surface area contributed by atoms with Gasteiger partial charge in [-0.05, 0) is 62.7 Å². The van der Waals surface area contributed by atoms with Crippen LogP contribution in [0, 0.1) is 0 Å². The molecule has 1 aromatic rings. The van der Waals surface area contributed by atoms with Crippen molar-refractivity contribution >= 4 is 18.3 Å². The van der Waals surface area contributed by atoms with E-state index in [9.17, 15) is 4.79 Å². The number of carbonyl (C=O) groups excluding carboxylic acids is 1. The number of amides is 1. The Morgan fingerprint density at radius 1 is 1.31 bits per heavy atom. The number of hydrogen-bond donors (Lipinski definition) is 3. The first-order chi connectivity index (χ1) is 12.0. The van der Waals surface area contributed by atoms with Crippen molar-refractivity contribution in [3.8, 4) is 0 Å². The van der Waals surface area contributed by atoms with E-state index in [2.05, 4.69) is 30.5 Å². The summed E-state index contributed by atoms with van der Waals surface area (Å²) >= 11 is 0. The molecule has 4 N–H and O–H groups in total. The average molecular weight is 384 g/mol. The van der Waals surface area contributed by atoms with E-state index in [1.54, 1.807) is 7.11 Å². The van der Waals surface area contributed by atoms with Crippen molar-refractivity contribution in [3.05, 3.63) is 34.9 Å². The number of primary amides is 1. The lowest BCUT2D eigenvalue weighted by Gasteiger charge is -2.49. The summed E-state index contributed by atoms with van der Waals surface area (Å²) in [6.45, 7) is 6.39. The first-order valence-corrected chi connectivity index (χ1v) is 9.38. The highest BCUT2D eigenvalue weighted by Gasteiger charge is 2.46. The molecule has 1 aromatic carbocycles. The van der Waals surface area contributed by atoms with Gasteiger partial charge in [0.2, 0.25) is 5.91 Å². The van der Waals surface area contributed by atoms with Gasteiger partial charge in [0, 0.05) is 30.6 Å². The molecule has 1 amide bonds. The third-order valence-corrected chi connectivity index (χ3v) is 5.85. The third-order valence-electron chi connectivity index (χ3n) is 5.85. The number of carbonyl (C=O) groups is 1. The minimum absolute atomic E-state index is 0. The molecule has 2 atom stereocenters. The van der Waals surface area contributed by atoms with E-state index in [-0.39, 0.29) is 35.9 Å². The molecule has 0 fully saturated rings. The summed E-state index contributed by atoms with van der Waals surface area (Å²) in [5.41, 5.74) is 8.60. The zero-order valence-electron chi connectivity index (χ0n) is 16.4. The van der Waals surface area contributed by atoms with Gasteiger partial charge in [-0.2, -0.15) is 0 Å². The molecule has 0 spiro atoms. The molecule has 5 nitrogen and oxygen atoms in total. The van der Waals surface area contributed by atoms with Gasteiger partial charge >= 0.3 is 0 Å². The Morgan fingerprint density at radius 2 is 2.00 bits per heavy atom. The number of ether oxygens (including phenoxy) is 1. The number of rotatable bonds is 9. The molecule has 1 aliphatic rings. The SMILES string of the molecule is CCC1(CC)c2cc(C(N)=O)ccc2C[C@H](OC)[C@H]1NCCCNC.Cl. The van der Waals surface area contributed by atoms with Gasteiger partial charge < -0.3 is 21.1 Å². The maximum absolute atomic E-state index is 11.7. The van der Waals surface area contributed by atoms with Crippen LogP contribution in [-0.4, -0.2) is 45.3 Å². The van der Waals surface area contributed by atoms with Crippen LogP contribution in [0.2, 0.25) is 0 Å². The Bertz CT molecular complexity index is 590. The van der Waals surface area contributed by atoms with Crippen molar-refractivity contribution in [3.63, 3.8) is 0 Å². The molecule has 0 heterocycles. The van der Waals surface area contributed by atoms with Gasteiger partial charge in [0.05, 0.1) is 6.10 Å². The summed E-state index contributed by atoms with van der Waals surface area (Å²) in [5.74, 6) is -0.365. The van der Waals surface area contributed by atoms with E-state index in [0.29, 0.717) is 5.56 Å². The van der Waals surface area contributed by atoms with E-state index in [4.69, 9.17) is 10.5 Å². The van der Waals surface area contributed by atoms with Crippen LogP contribution in [-0.2, 0) is 16.6 Å². The standard InChI is InChI=1S/C20H33N3O2.ClH/c1-5-20(6-2)16-12-15(19(21)24)9-8-14(16)13-17(25-4)18(20)23-11-7-10-22-3;/h8-9,12,17-18,22-23H,5-7,10-11,13H2,1-4H3,(H2,21,24);1H/t17-,18+;/m0./s1. The van der Waals surface area contributed by atoms with Crippen LogP contribution in [0.15, 0.2) is 18.2 Å². The highest BCUT2D eigenvalue weighted by atomic mass is 35.5. The second kappa shape index (κ2) is 10.3. The maximum Gasteiger partial charge on any atom is 0.248 e. The van der Waals surface area contributed by atoms with E-state index in [1.807, 2.05) is 19.2 Å². The summed E-state index contributed by atoms with van der Waals surface area (Å²) in [6.07, 6.45) is 4.03. The van der Waals surface area contributed by atoms with Gasteiger partial charge in [-0.15, -0.1) is 12.4 Å². The van der Waals surface area contributed by atoms with E-state index in [0.717, 1.165) is 38.8 Å². The largest absolute Gasteiger partial charge is 0.379 e. The number of hydrogen-bond acceptors (Lipinski definition) is 4. The van der Waals surface area contributed by atoms with Crippen LogP contribution in [0.3, 0.4) is 0 Å². The lowest BCUT2D eigenvalue weighted by molar-refractivity contribution is 0.0245. The van der Waals surface area contributed by atoms with Crippen molar-refractivity contribution in [2.45, 2.75) is 57.1 Å². The summed E-state index contributed by atoms with van der Waals surface area (Å²) in [5, 5.41) is 6.95. The molecule has 0 unspecified atom stereocenters. The zero-order chi connectivity index (χ0) is 18.4. The molecule has 26 heavy (non-hydrogen) atoms. The summed E-state index contributed by atoms with van der Waals surface area (Å²) < 4.78 is 5.88. The summed E-state index contributed by atoms with van der Waals surface area (Å²) in [7, 11) is 3.77. The number of benzene rings is 1. The third kappa shape index (κ3) is 4.39. The molecule has 148 valence electrons. The highest BCUT2D eigenvalue weighted by molar-refractivity contribution is 5.93. The highest BCUT2D eigenvalue weighted by Crippen LogP contribution is 2.44. The molecule has 0 saturated carbocycles. The predicted octanol–water partition coefficient (Wildman–Crippen LogP) is 2.40. The minimum Gasteiger partial charge on any atom is -0.379 e. The number of fused-ring (bicyclic) bond motifs is 1. The molecule has 0 bridgehead atoms. The monoisotopic (exact) mass is 383 g/mol. The number of nitrogens with one attached hydrogen (secondary N) is 2. The van der Waals surface area contributed by atoms with E-state index in [1.165, 1.54) is 11.1 Å². The topological polar surface area (TPSA) is 76.4 Å². The van der Waals surface area contributed by atoms with Gasteiger partial charge in [0.15, 0.2) is 0 Å². The van der Waals surface area contributed by atoms with Crippen LogP contribution in [0.25, 0.3) is 0 Å². The van der Waals surface area contributed by atoms with Crippen LogP contribution in [0.5, 0.6) is 0 Å². The summed E-state index contributed by atoms with van der Waals surface area (Å²) in [4.78, 5) is 11.7. The molecule has 0 radical (unpaired) electrons. The van der Waals surface area contributed by atoms with Gasteiger partial charge in [-0.25, -0.2) is 0 Å². The Hall–Kier alpha value is -1.14. The maximum atomic E-state index is 11.7. The smallest absolute Gasteiger partial charge is 0.248 e. The Balaban J connectivity index is 0.00000338. The molecule has 0 aliphatic heterocycles. The van der Waals surface area contributed by atoms with E-state index < -0.39 is 0 Å². The number of nitrogens with two attached hydrogens (primary N) is 1. The van der Waals surface area contributed by atoms with Crippen molar-refractivity contribution in [1.82, 2.24) is 10.6 Å². The molecule has 2 rings (SSSR count). The molecular weight excluding hydrogens is 350 g/mol. The minimum atomic E-state index is -0.365. The van der Waals surface area contributed by atoms with Crippen LogP contribution < -0.4 is 16.4 Å². The molecular formula is C20H34ClN3O2. The summed E-state index contributed by atoms with van der Waals surface area (Å²) in [6, 6.07) is 6.13. The van der Waals surface area contributed by atoms with Crippen molar-refractivity contribution in [2.75, 3.05) is 27.2 Å². The predicted molar refractivity (Wildman–Crippen MR) is 109 cm³/mol. The van der Waals surface area contributed by atoms with Gasteiger partial charge in [0.1, 0.15) is 0 Å². The second-order valence-electron chi connectivity index (χ2n) is 6.97. The quantitative estimate of drug-likeness (QED) is 0.572. The van der Waals surface area contributed by atoms with Crippen molar-refractivity contribution in [1.29, 1.82) is 0 Å². The Morgan fingerprint density at radius 3 is 2.54 bits per heavy atom. The normalized spacial score (nSPS) is 20.9. The van der Waals surface area contributed by atoms with Gasteiger partial charge in [-0.1, -0.05) is 19.9 Å². The first kappa shape index (κ1) is 22.9. The lowest BCUT2D eigenvalue weighted by Crippen LogP contribution is -2.59. The molecule has 1 aliphatic carbocycles. The number of halogens is 1. The van der Waals surface area contributed by atoms with Crippen molar-refractivity contribution < 1.29 is 9.53 Å². The van der Waals surface area contributed by atoms with Gasteiger partial charge in [-0.3, -0.25) is 4.79 Å². The first-order valence-electron chi connectivity index (χ1n) is 9.38. The van der Waals surface area contributed by atoms with Crippen LogP contribution in [0.1, 0.15) is 54.6 Å². The second-order valence-corrected chi connectivity index (χ2v) is 6.97. The average Bonchev–Trinajstić information content (AvgIpc) is 2.63. The van der Waals surface area contributed by atoms with Gasteiger partial charge in [0.25, 0.3) is 0 Å². The van der Waals surface area contributed by atoms with E-state index >= 15 is 0 Å². The van der Waals surface area contributed by atoms with Crippen molar-refractivity contribution in [2.24, 2.45) is 5.73 Å². The fraction of sp³-hybridized carbons (Fsp3) is 0.650. The molecule has 6 heteroatoms. The van der Waals surface area contributed by atoms with Crippen LogP contribution in [0.4, 0.5) is 0 Å². The number of methoxy groups -OCH3 is 1.